The van der Waals surface area contributed by atoms with Gasteiger partial charge in [-0.15, -0.1) is 0 Å². The van der Waals surface area contributed by atoms with E-state index in [1.807, 2.05) is 6.07 Å². The van der Waals surface area contributed by atoms with Crippen molar-refractivity contribution in [3.05, 3.63) is 63.7 Å². The molecule has 162 valence electrons. The van der Waals surface area contributed by atoms with Crippen molar-refractivity contribution in [1.29, 1.82) is 0 Å². The normalized spacial score (nSPS) is 16.3. The molecule has 1 aliphatic rings. The summed E-state index contributed by atoms with van der Waals surface area (Å²) in [5.74, 6) is -0.771. The van der Waals surface area contributed by atoms with E-state index in [2.05, 4.69) is 0 Å². The molecule has 1 heterocycles. The van der Waals surface area contributed by atoms with E-state index in [0.717, 1.165) is 22.4 Å². The van der Waals surface area contributed by atoms with Crippen molar-refractivity contribution in [2.24, 2.45) is 0 Å². The second kappa shape index (κ2) is 8.20. The van der Waals surface area contributed by atoms with Crippen LogP contribution in [0.15, 0.2) is 42.5 Å². The lowest BCUT2D eigenvalue weighted by Gasteiger charge is -2.17. The molecule has 0 aliphatic carbocycles. The number of anilines is 1. The summed E-state index contributed by atoms with van der Waals surface area (Å²) in [6.07, 6.45) is 1.88. The van der Waals surface area contributed by atoms with Gasteiger partial charge in [0, 0.05) is 24.6 Å². The Kier molecular flexibility index (Phi) is 6.01. The maximum atomic E-state index is 12.2. The molecule has 10 nitrogen and oxygen atoms in total. The van der Waals surface area contributed by atoms with E-state index in [0.29, 0.717) is 5.56 Å². The Morgan fingerprint density at radius 1 is 1.13 bits per heavy atom. The van der Waals surface area contributed by atoms with Gasteiger partial charge in [0.15, 0.2) is 5.75 Å². The summed E-state index contributed by atoms with van der Waals surface area (Å²) in [5, 5.41) is 11.6. The Balaban J connectivity index is 2.01. The zero-order valence-corrected chi connectivity index (χ0v) is 17.9. The summed E-state index contributed by atoms with van der Waals surface area (Å²) >= 11 is 0. The second-order valence-corrected chi connectivity index (χ2v) is 10.4. The van der Waals surface area contributed by atoms with Crippen LogP contribution in [0.1, 0.15) is 17.0 Å². The predicted octanol–water partition coefficient (Wildman–Crippen LogP) is 2.01. The molecule has 3 rings (SSSR count). The van der Waals surface area contributed by atoms with Gasteiger partial charge in [-0.05, 0) is 11.1 Å². The van der Waals surface area contributed by atoms with Crippen LogP contribution >= 0.6 is 0 Å². The molecule has 1 aliphatic heterocycles. The van der Waals surface area contributed by atoms with E-state index in [9.17, 15) is 26.9 Å². The monoisotopic (exact) mass is 456 g/mol. The number of benzene rings is 2. The Morgan fingerprint density at radius 2 is 1.80 bits per heavy atom. The maximum absolute atomic E-state index is 12.2. The first kappa shape index (κ1) is 22.0. The molecule has 0 bridgehead atoms. The Labute approximate surface area is 174 Å². The summed E-state index contributed by atoms with van der Waals surface area (Å²) in [6, 6.07) is 11.5. The lowest BCUT2D eigenvalue weighted by atomic mass is 10.0. The van der Waals surface area contributed by atoms with Crippen LogP contribution in [0.5, 0.6) is 5.75 Å². The first-order valence-electron chi connectivity index (χ1n) is 8.77. The first-order chi connectivity index (χ1) is 14.0. The highest BCUT2D eigenvalue weighted by atomic mass is 32.2. The van der Waals surface area contributed by atoms with Crippen molar-refractivity contribution in [1.82, 2.24) is 0 Å². The lowest BCUT2D eigenvalue weighted by Crippen LogP contribution is -2.29. The number of hydrogen-bond donors (Lipinski definition) is 0. The van der Waals surface area contributed by atoms with Gasteiger partial charge >= 0.3 is 5.69 Å². The van der Waals surface area contributed by atoms with Gasteiger partial charge in [-0.25, -0.2) is 8.42 Å². The Hall–Kier alpha value is -2.70. The van der Waals surface area contributed by atoms with E-state index < -0.39 is 31.0 Å². The van der Waals surface area contributed by atoms with Gasteiger partial charge in [0.05, 0.1) is 29.7 Å². The summed E-state index contributed by atoms with van der Waals surface area (Å²) < 4.78 is 58.7. The van der Waals surface area contributed by atoms with Crippen molar-refractivity contribution in [2.75, 3.05) is 30.0 Å². The number of rotatable bonds is 8. The van der Waals surface area contributed by atoms with Crippen LogP contribution in [-0.2, 0) is 30.9 Å². The van der Waals surface area contributed by atoms with E-state index in [1.54, 1.807) is 24.3 Å². The smallest absolute Gasteiger partial charge is 0.311 e. The summed E-state index contributed by atoms with van der Waals surface area (Å²) in [5.41, 5.74) is 0.951. The topological polar surface area (TPSA) is 133 Å². The number of nitro benzene ring substituents is 1. The average molecular weight is 456 g/mol. The molecule has 0 saturated carbocycles. The van der Waals surface area contributed by atoms with Crippen molar-refractivity contribution >= 4 is 31.5 Å². The fourth-order valence-electron chi connectivity index (χ4n) is 3.17. The number of sulfonamides is 1. The highest BCUT2D eigenvalue weighted by Crippen LogP contribution is 2.44. The number of ether oxygens (including phenoxy) is 1. The molecule has 2 aromatic carbocycles. The zero-order valence-electron chi connectivity index (χ0n) is 16.2. The SMILES string of the molecule is CS(=O)(=O)OCC1CN(S(C)(=O)=O)c2cc(OCc3ccccc3)c([N+](=O)[O-])cc21. The Morgan fingerprint density at radius 3 is 2.37 bits per heavy atom. The van der Waals surface area contributed by atoms with Gasteiger partial charge in [0.25, 0.3) is 10.1 Å². The number of hydrogen-bond acceptors (Lipinski definition) is 8. The van der Waals surface area contributed by atoms with Crippen molar-refractivity contribution in [3.8, 4) is 5.75 Å². The van der Waals surface area contributed by atoms with Crippen LogP contribution in [0.4, 0.5) is 11.4 Å². The quantitative estimate of drug-likeness (QED) is 0.335. The van der Waals surface area contributed by atoms with Crippen molar-refractivity contribution < 1.29 is 30.7 Å². The minimum absolute atomic E-state index is 0.0555. The van der Waals surface area contributed by atoms with E-state index in [1.165, 1.54) is 12.1 Å². The molecular formula is C18H20N2O8S2. The largest absolute Gasteiger partial charge is 0.482 e. The van der Waals surface area contributed by atoms with Gasteiger partial charge in [0.2, 0.25) is 10.0 Å². The van der Waals surface area contributed by atoms with Crippen LogP contribution in [0.25, 0.3) is 0 Å². The summed E-state index contributed by atoms with van der Waals surface area (Å²) in [6.45, 7) is -0.373. The van der Waals surface area contributed by atoms with Crippen molar-refractivity contribution in [3.63, 3.8) is 0 Å². The van der Waals surface area contributed by atoms with Gasteiger partial charge in [-0.3, -0.25) is 18.6 Å². The molecule has 2 aromatic rings. The second-order valence-electron chi connectivity index (χ2n) is 6.89. The summed E-state index contributed by atoms with van der Waals surface area (Å²) in [7, 11) is -7.48. The molecule has 1 atom stereocenters. The van der Waals surface area contributed by atoms with Crippen LogP contribution in [-0.4, -0.2) is 47.4 Å². The summed E-state index contributed by atoms with van der Waals surface area (Å²) in [4.78, 5) is 11.0. The predicted molar refractivity (Wildman–Crippen MR) is 110 cm³/mol. The van der Waals surface area contributed by atoms with Crippen molar-refractivity contribution in [2.45, 2.75) is 12.5 Å². The third-order valence-corrected chi connectivity index (χ3v) is 6.23. The van der Waals surface area contributed by atoms with Crippen LogP contribution in [0, 0.1) is 10.1 Å². The van der Waals surface area contributed by atoms with E-state index in [4.69, 9.17) is 8.92 Å². The Bertz CT molecular complexity index is 1160. The molecule has 0 N–H and O–H groups in total. The molecule has 0 saturated heterocycles. The van der Waals surface area contributed by atoms with Gasteiger partial charge < -0.3 is 4.74 Å². The van der Waals surface area contributed by atoms with Crippen LogP contribution < -0.4 is 9.04 Å². The molecule has 12 heteroatoms. The lowest BCUT2D eigenvalue weighted by molar-refractivity contribution is -0.386. The highest BCUT2D eigenvalue weighted by molar-refractivity contribution is 7.92. The third kappa shape index (κ3) is 5.07. The molecule has 0 spiro atoms. The number of nitro groups is 1. The van der Waals surface area contributed by atoms with Gasteiger partial charge in [0.1, 0.15) is 6.61 Å². The number of fused-ring (bicyclic) bond motifs is 1. The minimum Gasteiger partial charge on any atom is -0.482 e. The molecular weight excluding hydrogens is 436 g/mol. The molecule has 0 aromatic heterocycles. The maximum Gasteiger partial charge on any atom is 0.311 e. The molecule has 1 unspecified atom stereocenters. The number of nitrogens with zero attached hydrogens (tertiary/aromatic N) is 2. The molecule has 0 radical (unpaired) electrons. The minimum atomic E-state index is -3.77. The van der Waals surface area contributed by atoms with E-state index in [-0.39, 0.29) is 36.9 Å². The third-order valence-electron chi connectivity index (χ3n) is 4.52. The first-order valence-corrected chi connectivity index (χ1v) is 12.4. The van der Waals surface area contributed by atoms with Crippen LogP contribution in [0.3, 0.4) is 0 Å². The van der Waals surface area contributed by atoms with Crippen LogP contribution in [0.2, 0.25) is 0 Å². The molecule has 0 fully saturated rings. The van der Waals surface area contributed by atoms with Gasteiger partial charge in [-0.2, -0.15) is 8.42 Å². The molecule has 30 heavy (non-hydrogen) atoms. The highest BCUT2D eigenvalue weighted by Gasteiger charge is 2.37. The zero-order chi connectivity index (χ0) is 22.1. The fourth-order valence-corrected chi connectivity index (χ4v) is 4.55. The fraction of sp³-hybridized carbons (Fsp3) is 0.333. The van der Waals surface area contributed by atoms with Gasteiger partial charge in [-0.1, -0.05) is 30.3 Å². The van der Waals surface area contributed by atoms with E-state index >= 15 is 0 Å². The molecule has 0 amide bonds. The average Bonchev–Trinajstić information content (AvgIpc) is 3.02. The standard InChI is InChI=1S/C18H20N2O8S2/c1-29(23,24)19-10-14(12-28-30(2,25)26)15-8-17(20(21)22)18(9-16(15)19)27-11-13-6-4-3-5-7-13/h3-9,14H,10-12H2,1-2H3.